The molecule has 0 saturated carbocycles. The molecule has 0 aliphatic carbocycles. The van der Waals surface area contributed by atoms with Gasteiger partial charge in [-0.05, 0) is 48.9 Å². The summed E-state index contributed by atoms with van der Waals surface area (Å²) >= 11 is 5.92. The van der Waals surface area contributed by atoms with Gasteiger partial charge in [0.15, 0.2) is 0 Å². The molecule has 2 rings (SSSR count). The zero-order chi connectivity index (χ0) is 15.2. The molecule has 0 aromatic heterocycles. The molecule has 21 heavy (non-hydrogen) atoms. The lowest BCUT2D eigenvalue weighted by molar-refractivity contribution is 0.147. The van der Waals surface area contributed by atoms with Gasteiger partial charge >= 0.3 is 0 Å². The van der Waals surface area contributed by atoms with Gasteiger partial charge < -0.3 is 10.0 Å². The summed E-state index contributed by atoms with van der Waals surface area (Å²) in [5.41, 5.74) is 1.75. The Labute approximate surface area is 129 Å². The fourth-order valence-electron chi connectivity index (χ4n) is 2.25. The Balaban J connectivity index is 1.85. The van der Waals surface area contributed by atoms with Gasteiger partial charge in [-0.3, -0.25) is 0 Å². The summed E-state index contributed by atoms with van der Waals surface area (Å²) in [6.07, 6.45) is 0.0604. The third kappa shape index (κ3) is 5.12. The van der Waals surface area contributed by atoms with E-state index in [4.69, 9.17) is 11.6 Å². The second kappa shape index (κ2) is 7.55. The van der Waals surface area contributed by atoms with Crippen LogP contribution in [-0.4, -0.2) is 23.6 Å². The minimum Gasteiger partial charge on any atom is -0.388 e. The summed E-state index contributed by atoms with van der Waals surface area (Å²) in [4.78, 5) is 2.06. The standard InChI is InChI=1S/C17H19ClFNO/c1-20(12-13-4-2-7-16(19)10-13)9-8-17(21)14-5-3-6-15(18)11-14/h2-7,10-11,17,21H,8-9,12H2,1H3. The molecule has 4 heteroatoms. The second-order valence-corrected chi connectivity index (χ2v) is 5.66. The van der Waals surface area contributed by atoms with Crippen LogP contribution in [-0.2, 0) is 6.54 Å². The summed E-state index contributed by atoms with van der Waals surface area (Å²) in [6.45, 7) is 1.37. The van der Waals surface area contributed by atoms with Crippen molar-refractivity contribution in [2.45, 2.75) is 19.1 Å². The minimum atomic E-state index is -0.543. The number of hydrogen-bond acceptors (Lipinski definition) is 2. The molecule has 0 aliphatic rings. The first-order chi connectivity index (χ1) is 10.0. The van der Waals surface area contributed by atoms with Gasteiger partial charge in [-0.15, -0.1) is 0 Å². The number of rotatable bonds is 6. The van der Waals surface area contributed by atoms with Crippen LogP contribution in [0, 0.1) is 5.82 Å². The topological polar surface area (TPSA) is 23.5 Å². The SMILES string of the molecule is CN(CCC(O)c1cccc(Cl)c1)Cc1cccc(F)c1. The maximum Gasteiger partial charge on any atom is 0.123 e. The van der Waals surface area contributed by atoms with Gasteiger partial charge in [-0.1, -0.05) is 35.9 Å². The Morgan fingerprint density at radius 2 is 1.95 bits per heavy atom. The molecule has 2 aromatic carbocycles. The van der Waals surface area contributed by atoms with Crippen molar-refractivity contribution in [3.63, 3.8) is 0 Å². The first kappa shape index (κ1) is 16.0. The maximum atomic E-state index is 13.1. The van der Waals surface area contributed by atoms with Crippen molar-refractivity contribution in [1.29, 1.82) is 0 Å². The van der Waals surface area contributed by atoms with Crippen LogP contribution in [0.5, 0.6) is 0 Å². The van der Waals surface area contributed by atoms with Crippen LogP contribution in [0.3, 0.4) is 0 Å². The molecule has 1 atom stereocenters. The third-order valence-corrected chi connectivity index (χ3v) is 3.59. The lowest BCUT2D eigenvalue weighted by atomic mass is 10.1. The number of benzene rings is 2. The van der Waals surface area contributed by atoms with Gasteiger partial charge in [0.1, 0.15) is 5.82 Å². The van der Waals surface area contributed by atoms with Crippen LogP contribution in [0.2, 0.25) is 5.02 Å². The van der Waals surface area contributed by atoms with Crippen molar-refractivity contribution in [2.24, 2.45) is 0 Å². The van der Waals surface area contributed by atoms with E-state index in [0.29, 0.717) is 24.5 Å². The van der Waals surface area contributed by atoms with Gasteiger partial charge in [0.05, 0.1) is 6.10 Å². The Morgan fingerprint density at radius 3 is 2.67 bits per heavy atom. The molecule has 1 unspecified atom stereocenters. The Morgan fingerprint density at radius 1 is 1.19 bits per heavy atom. The summed E-state index contributed by atoms with van der Waals surface area (Å²) in [5, 5.41) is 10.8. The molecule has 2 nitrogen and oxygen atoms in total. The van der Waals surface area contributed by atoms with Gasteiger partial charge in [-0.2, -0.15) is 0 Å². The Bertz CT molecular complexity index is 591. The normalized spacial score (nSPS) is 12.6. The van der Waals surface area contributed by atoms with Gasteiger partial charge in [0, 0.05) is 18.1 Å². The number of nitrogens with zero attached hydrogens (tertiary/aromatic N) is 1. The zero-order valence-corrected chi connectivity index (χ0v) is 12.7. The van der Waals surface area contributed by atoms with E-state index in [1.54, 1.807) is 18.2 Å². The molecule has 0 saturated heterocycles. The molecule has 1 N–H and O–H groups in total. The summed E-state index contributed by atoms with van der Waals surface area (Å²) in [6, 6.07) is 13.8. The fourth-order valence-corrected chi connectivity index (χ4v) is 2.45. The van der Waals surface area contributed by atoms with E-state index < -0.39 is 6.10 Å². The van der Waals surface area contributed by atoms with Crippen LogP contribution in [0.1, 0.15) is 23.7 Å². The first-order valence-electron chi connectivity index (χ1n) is 6.91. The zero-order valence-electron chi connectivity index (χ0n) is 12.0. The van der Waals surface area contributed by atoms with Crippen molar-refractivity contribution in [3.8, 4) is 0 Å². The second-order valence-electron chi connectivity index (χ2n) is 5.23. The fraction of sp³-hybridized carbons (Fsp3) is 0.294. The highest BCUT2D eigenvalue weighted by molar-refractivity contribution is 6.30. The molecular weight excluding hydrogens is 289 g/mol. The Kier molecular flexibility index (Phi) is 5.74. The number of halogens is 2. The number of aliphatic hydroxyl groups excluding tert-OH is 1. The van der Waals surface area contributed by atoms with E-state index in [-0.39, 0.29) is 5.82 Å². The minimum absolute atomic E-state index is 0.222. The van der Waals surface area contributed by atoms with Gasteiger partial charge in [-0.25, -0.2) is 4.39 Å². The van der Waals surface area contributed by atoms with E-state index in [1.807, 2.05) is 25.2 Å². The smallest absolute Gasteiger partial charge is 0.123 e. The lowest BCUT2D eigenvalue weighted by Crippen LogP contribution is -2.21. The molecule has 0 radical (unpaired) electrons. The van der Waals surface area contributed by atoms with Crippen LogP contribution >= 0.6 is 11.6 Å². The van der Waals surface area contributed by atoms with E-state index in [1.165, 1.54) is 12.1 Å². The van der Waals surface area contributed by atoms with Crippen LogP contribution in [0.4, 0.5) is 4.39 Å². The highest BCUT2D eigenvalue weighted by Crippen LogP contribution is 2.20. The molecule has 0 fully saturated rings. The van der Waals surface area contributed by atoms with E-state index >= 15 is 0 Å². The molecule has 0 spiro atoms. The predicted molar refractivity (Wildman–Crippen MR) is 83.8 cm³/mol. The molecule has 0 heterocycles. The molecule has 112 valence electrons. The van der Waals surface area contributed by atoms with Crippen LogP contribution < -0.4 is 0 Å². The summed E-state index contributed by atoms with van der Waals surface area (Å²) in [7, 11) is 1.95. The van der Waals surface area contributed by atoms with E-state index in [9.17, 15) is 9.50 Å². The predicted octanol–water partition coefficient (Wildman–Crippen LogP) is 4.03. The highest BCUT2D eigenvalue weighted by Gasteiger charge is 2.10. The Hall–Kier alpha value is -1.42. The van der Waals surface area contributed by atoms with Crippen molar-refractivity contribution in [1.82, 2.24) is 4.90 Å². The van der Waals surface area contributed by atoms with Crippen molar-refractivity contribution >= 4 is 11.6 Å². The van der Waals surface area contributed by atoms with Crippen LogP contribution in [0.25, 0.3) is 0 Å². The largest absolute Gasteiger partial charge is 0.388 e. The molecule has 0 amide bonds. The quantitative estimate of drug-likeness (QED) is 0.871. The molecular formula is C17H19ClFNO. The third-order valence-electron chi connectivity index (χ3n) is 3.36. The van der Waals surface area contributed by atoms with E-state index in [2.05, 4.69) is 4.90 Å². The van der Waals surface area contributed by atoms with Crippen molar-refractivity contribution in [2.75, 3.05) is 13.6 Å². The molecule has 2 aromatic rings. The van der Waals surface area contributed by atoms with Crippen LogP contribution in [0.15, 0.2) is 48.5 Å². The summed E-state index contributed by atoms with van der Waals surface area (Å²) in [5.74, 6) is -0.222. The van der Waals surface area contributed by atoms with Crippen molar-refractivity contribution in [3.05, 3.63) is 70.5 Å². The number of hydrogen-bond donors (Lipinski definition) is 1. The monoisotopic (exact) mass is 307 g/mol. The molecule has 0 aliphatic heterocycles. The van der Waals surface area contributed by atoms with Gasteiger partial charge in [0.2, 0.25) is 0 Å². The average molecular weight is 308 g/mol. The van der Waals surface area contributed by atoms with E-state index in [0.717, 1.165) is 11.1 Å². The molecule has 0 bridgehead atoms. The maximum absolute atomic E-state index is 13.1. The highest BCUT2D eigenvalue weighted by atomic mass is 35.5. The van der Waals surface area contributed by atoms with Crippen molar-refractivity contribution < 1.29 is 9.50 Å². The number of aliphatic hydroxyl groups is 1. The lowest BCUT2D eigenvalue weighted by Gasteiger charge is -2.19. The first-order valence-corrected chi connectivity index (χ1v) is 7.29. The average Bonchev–Trinajstić information content (AvgIpc) is 2.45. The summed E-state index contributed by atoms with van der Waals surface area (Å²) < 4.78 is 13.1. The van der Waals surface area contributed by atoms with Gasteiger partial charge in [0.25, 0.3) is 0 Å².